The fourth-order valence-electron chi connectivity index (χ4n) is 2.64. The Kier molecular flexibility index (Phi) is 7.65. The average molecular weight is 445 g/mol. The lowest BCUT2D eigenvalue weighted by molar-refractivity contribution is 0.535. The molecule has 0 fully saturated rings. The first kappa shape index (κ1) is 22.2. The normalized spacial score (nSPS) is 11.6. The maximum atomic E-state index is 4.69. The van der Waals surface area contributed by atoms with E-state index in [9.17, 15) is 0 Å². The fourth-order valence-corrected chi connectivity index (χ4v) is 4.89. The summed E-state index contributed by atoms with van der Waals surface area (Å²) in [6, 6.07) is 15.1. The summed E-state index contributed by atoms with van der Waals surface area (Å²) in [6.07, 6.45) is 4.04. The van der Waals surface area contributed by atoms with E-state index < -0.39 is 0 Å². The first-order valence-corrected chi connectivity index (χ1v) is 12.3. The quantitative estimate of drug-likeness (QED) is 0.355. The van der Waals surface area contributed by atoms with Gasteiger partial charge in [0.2, 0.25) is 0 Å². The Bertz CT molecular complexity index is 930. The van der Waals surface area contributed by atoms with Crippen molar-refractivity contribution in [3.63, 3.8) is 0 Å². The Hall–Kier alpha value is -1.51. The predicted octanol–water partition coefficient (Wildman–Crippen LogP) is 6.28. The smallest absolute Gasteiger partial charge is 0.123 e. The number of nitrogens with one attached hydrogen (secondary N) is 3. The molecule has 0 saturated heterocycles. The van der Waals surface area contributed by atoms with Crippen LogP contribution in [-0.2, 0) is 6.54 Å². The molecule has 0 unspecified atom stereocenters. The number of thiazole rings is 1. The number of anilines is 1. The molecule has 0 spiro atoms. The third-order valence-electron chi connectivity index (χ3n) is 4.13. The molecule has 1 heterocycles. The molecule has 0 bridgehead atoms. The minimum atomic E-state index is 0.0311. The Balaban J connectivity index is 1.90. The summed E-state index contributed by atoms with van der Waals surface area (Å²) in [4.78, 5) is 7.10. The van der Waals surface area contributed by atoms with Crippen molar-refractivity contribution in [2.45, 2.75) is 37.8 Å². The van der Waals surface area contributed by atoms with Crippen molar-refractivity contribution < 1.29 is 0 Å². The highest BCUT2D eigenvalue weighted by Gasteiger charge is 2.15. The molecule has 0 atom stereocenters. The molecule has 0 radical (unpaired) electrons. The summed E-state index contributed by atoms with van der Waals surface area (Å²) in [5.41, 5.74) is 4.77. The molecule has 2 aromatic carbocycles. The van der Waals surface area contributed by atoms with Gasteiger partial charge in [0.25, 0.3) is 0 Å². The second-order valence-electron chi connectivity index (χ2n) is 7.67. The molecule has 3 N–H and O–H groups in total. The van der Waals surface area contributed by atoms with Crippen molar-refractivity contribution in [1.82, 2.24) is 14.4 Å². The van der Waals surface area contributed by atoms with Crippen LogP contribution in [0.1, 0.15) is 26.3 Å². The lowest BCUT2D eigenvalue weighted by atomic mass is 10.1. The molecule has 0 aliphatic rings. The topological polar surface area (TPSA) is 49.0 Å². The molecule has 0 aliphatic heterocycles. The van der Waals surface area contributed by atoms with E-state index in [4.69, 9.17) is 4.98 Å². The SMILES string of the molecule is CNc1ccc(-c2ncc(-c3ccc(CNSC)cc3SNC(C)(C)C)s2)cc1. The summed E-state index contributed by atoms with van der Waals surface area (Å²) in [5.74, 6) is 0. The van der Waals surface area contributed by atoms with Crippen LogP contribution < -0.4 is 14.8 Å². The molecule has 1 aromatic heterocycles. The zero-order valence-corrected chi connectivity index (χ0v) is 19.9. The van der Waals surface area contributed by atoms with E-state index in [-0.39, 0.29) is 5.54 Å². The first-order valence-electron chi connectivity index (χ1n) is 9.47. The summed E-state index contributed by atoms with van der Waals surface area (Å²) in [5, 5.41) is 4.19. The molecule has 4 nitrogen and oxygen atoms in total. The van der Waals surface area contributed by atoms with Crippen LogP contribution in [0, 0.1) is 0 Å². The van der Waals surface area contributed by atoms with E-state index in [1.807, 2.05) is 19.5 Å². The average Bonchev–Trinajstić information content (AvgIpc) is 3.20. The van der Waals surface area contributed by atoms with Crippen molar-refractivity contribution >= 4 is 40.9 Å². The fraction of sp³-hybridized carbons (Fsp3) is 0.318. The molecule has 29 heavy (non-hydrogen) atoms. The van der Waals surface area contributed by atoms with Crippen LogP contribution >= 0.6 is 35.2 Å². The predicted molar refractivity (Wildman–Crippen MR) is 132 cm³/mol. The van der Waals surface area contributed by atoms with Gasteiger partial charge in [0, 0.05) is 47.0 Å². The summed E-state index contributed by atoms with van der Waals surface area (Å²) < 4.78 is 6.88. The van der Waals surface area contributed by atoms with Crippen molar-refractivity contribution in [1.29, 1.82) is 0 Å². The van der Waals surface area contributed by atoms with E-state index in [1.165, 1.54) is 20.9 Å². The van der Waals surface area contributed by atoms with Gasteiger partial charge in [0.15, 0.2) is 0 Å². The zero-order valence-electron chi connectivity index (χ0n) is 17.5. The number of benzene rings is 2. The molecule has 7 heteroatoms. The number of aromatic nitrogens is 1. The van der Waals surface area contributed by atoms with Crippen LogP contribution in [0.2, 0.25) is 0 Å². The molecule has 0 aliphatic carbocycles. The molecule has 0 amide bonds. The molecule has 154 valence electrons. The second-order valence-corrected chi connectivity index (χ2v) is 10.2. The zero-order chi connectivity index (χ0) is 20.9. The van der Waals surface area contributed by atoms with Crippen LogP contribution in [0.25, 0.3) is 21.0 Å². The van der Waals surface area contributed by atoms with Crippen molar-refractivity contribution in [2.24, 2.45) is 0 Å². The van der Waals surface area contributed by atoms with E-state index in [0.717, 1.165) is 22.8 Å². The van der Waals surface area contributed by atoms with Gasteiger partial charge in [-0.1, -0.05) is 24.1 Å². The van der Waals surface area contributed by atoms with E-state index in [1.54, 1.807) is 35.2 Å². The molecule has 3 rings (SSSR count). The highest BCUT2D eigenvalue weighted by Crippen LogP contribution is 2.38. The summed E-state index contributed by atoms with van der Waals surface area (Å²) in [6.45, 7) is 7.38. The van der Waals surface area contributed by atoms with Gasteiger partial charge in [-0.05, 0) is 74.9 Å². The minimum absolute atomic E-state index is 0.0311. The van der Waals surface area contributed by atoms with Gasteiger partial charge in [-0.3, -0.25) is 9.44 Å². The lowest BCUT2D eigenvalue weighted by Gasteiger charge is -2.21. The van der Waals surface area contributed by atoms with Crippen molar-refractivity contribution in [3.05, 3.63) is 54.2 Å². The standard InChI is InChI=1S/C22H28N4S3/c1-22(2,3)26-29-19-12-15(13-25-27-5)6-11-18(19)20-14-24-21(28-20)16-7-9-17(23-4)10-8-16/h6-12,14,23,25-26H,13H2,1-5H3. The van der Waals surface area contributed by atoms with Gasteiger partial charge < -0.3 is 5.32 Å². The molecule has 0 saturated carbocycles. The van der Waals surface area contributed by atoms with Crippen LogP contribution in [0.3, 0.4) is 0 Å². The number of rotatable bonds is 8. The maximum absolute atomic E-state index is 4.69. The van der Waals surface area contributed by atoms with Gasteiger partial charge in [-0.25, -0.2) is 4.98 Å². The van der Waals surface area contributed by atoms with Gasteiger partial charge >= 0.3 is 0 Å². The van der Waals surface area contributed by atoms with Crippen LogP contribution in [0.4, 0.5) is 5.69 Å². The summed E-state index contributed by atoms with van der Waals surface area (Å²) in [7, 11) is 1.93. The van der Waals surface area contributed by atoms with Gasteiger partial charge in [-0.15, -0.1) is 11.3 Å². The van der Waals surface area contributed by atoms with Gasteiger partial charge in [0.1, 0.15) is 5.01 Å². The van der Waals surface area contributed by atoms with Crippen LogP contribution in [-0.4, -0.2) is 23.8 Å². The van der Waals surface area contributed by atoms with E-state index in [2.05, 4.69) is 78.0 Å². The Morgan fingerprint density at radius 2 is 1.83 bits per heavy atom. The first-order chi connectivity index (χ1) is 13.9. The Morgan fingerprint density at radius 3 is 2.48 bits per heavy atom. The van der Waals surface area contributed by atoms with Crippen LogP contribution in [0.15, 0.2) is 53.6 Å². The van der Waals surface area contributed by atoms with E-state index >= 15 is 0 Å². The third kappa shape index (κ3) is 6.23. The maximum Gasteiger partial charge on any atom is 0.123 e. The molecule has 3 aromatic rings. The monoisotopic (exact) mass is 444 g/mol. The van der Waals surface area contributed by atoms with Gasteiger partial charge in [0.05, 0.1) is 4.88 Å². The van der Waals surface area contributed by atoms with Crippen LogP contribution in [0.5, 0.6) is 0 Å². The number of nitrogens with zero attached hydrogens (tertiary/aromatic N) is 1. The second kappa shape index (κ2) is 10.00. The highest BCUT2D eigenvalue weighted by molar-refractivity contribution is 7.97. The summed E-state index contributed by atoms with van der Waals surface area (Å²) >= 11 is 5.06. The van der Waals surface area contributed by atoms with E-state index in [0.29, 0.717) is 0 Å². The van der Waals surface area contributed by atoms with Crippen molar-refractivity contribution in [2.75, 3.05) is 18.6 Å². The Labute approximate surface area is 186 Å². The highest BCUT2D eigenvalue weighted by atomic mass is 32.2. The van der Waals surface area contributed by atoms with Crippen molar-refractivity contribution in [3.8, 4) is 21.0 Å². The number of hydrogen-bond acceptors (Lipinski definition) is 7. The van der Waals surface area contributed by atoms with Gasteiger partial charge in [-0.2, -0.15) is 0 Å². The molecular formula is C22H28N4S3. The third-order valence-corrected chi connectivity index (χ3v) is 6.91. The minimum Gasteiger partial charge on any atom is -0.388 e. The Morgan fingerprint density at radius 1 is 1.07 bits per heavy atom. The molecular weight excluding hydrogens is 416 g/mol. The lowest BCUT2D eigenvalue weighted by Crippen LogP contribution is -2.29. The largest absolute Gasteiger partial charge is 0.388 e. The number of hydrogen-bond donors (Lipinski definition) is 3.